The van der Waals surface area contributed by atoms with E-state index < -0.39 is 10.7 Å². The number of aliphatic carboxylic acids is 1. The molecule has 0 radical (unpaired) electrons. The summed E-state index contributed by atoms with van der Waals surface area (Å²) in [6, 6.07) is 0. The number of fused-ring (bicyclic) bond motifs is 1. The maximum absolute atomic E-state index is 11.8. The van der Waals surface area contributed by atoms with E-state index in [1.54, 1.807) is 4.90 Å². The van der Waals surface area contributed by atoms with Crippen LogP contribution in [0.2, 0.25) is 0 Å². The summed E-state index contributed by atoms with van der Waals surface area (Å²) in [6.07, 6.45) is 2.02. The first kappa shape index (κ1) is 12.7. The Labute approximate surface area is 105 Å². The van der Waals surface area contributed by atoms with Gasteiger partial charge in [-0.3, -0.25) is 9.59 Å². The molecular weight excluding hydrogens is 240 g/mol. The number of hydrogen-bond acceptors (Lipinski definition) is 4. The van der Waals surface area contributed by atoms with Crippen LogP contribution < -0.4 is 5.73 Å². The van der Waals surface area contributed by atoms with Crippen molar-refractivity contribution in [2.75, 3.05) is 13.1 Å². The highest BCUT2D eigenvalue weighted by molar-refractivity contribution is 8.02. The first-order valence-electron chi connectivity index (χ1n) is 5.97. The van der Waals surface area contributed by atoms with Crippen molar-refractivity contribution in [3.8, 4) is 0 Å². The molecule has 2 rings (SSSR count). The number of rotatable bonds is 5. The Bertz CT molecular complexity index is 350. The highest BCUT2D eigenvalue weighted by Gasteiger charge is 2.60. The molecule has 2 heterocycles. The maximum Gasteiger partial charge on any atom is 0.321 e. The number of carboxylic acids is 1. The molecule has 0 spiro atoms. The largest absolute Gasteiger partial charge is 0.480 e. The quantitative estimate of drug-likeness (QED) is 0.701. The number of nitrogens with zero attached hydrogens (tertiary/aromatic N) is 1. The van der Waals surface area contributed by atoms with Gasteiger partial charge in [-0.15, -0.1) is 11.8 Å². The van der Waals surface area contributed by atoms with E-state index in [9.17, 15) is 14.7 Å². The molecule has 96 valence electrons. The minimum absolute atomic E-state index is 0.0131. The Morgan fingerprint density at radius 3 is 2.94 bits per heavy atom. The van der Waals surface area contributed by atoms with Crippen LogP contribution in [0.3, 0.4) is 0 Å². The molecule has 0 aromatic rings. The topological polar surface area (TPSA) is 83.6 Å². The number of carbonyl (C=O) groups is 2. The van der Waals surface area contributed by atoms with Crippen molar-refractivity contribution in [3.05, 3.63) is 0 Å². The van der Waals surface area contributed by atoms with Gasteiger partial charge in [-0.25, -0.2) is 0 Å². The predicted molar refractivity (Wildman–Crippen MR) is 65.5 cm³/mol. The fourth-order valence-corrected chi connectivity index (χ4v) is 4.40. The van der Waals surface area contributed by atoms with Crippen LogP contribution >= 0.6 is 11.8 Å². The minimum atomic E-state index is -0.830. The Morgan fingerprint density at radius 2 is 2.41 bits per heavy atom. The zero-order chi connectivity index (χ0) is 12.6. The molecule has 6 heteroatoms. The SMILES string of the molecule is CCC1C(=O)N2CC(CCCN)(C(=O)O)S[C@H]12. The molecule has 0 aromatic heterocycles. The van der Waals surface area contributed by atoms with Gasteiger partial charge in [0.05, 0.1) is 11.3 Å². The van der Waals surface area contributed by atoms with Crippen molar-refractivity contribution in [2.24, 2.45) is 11.7 Å². The summed E-state index contributed by atoms with van der Waals surface area (Å²) in [6.45, 7) is 2.81. The first-order valence-corrected chi connectivity index (χ1v) is 6.85. The number of carboxylic acid groups (broad SMARTS) is 1. The van der Waals surface area contributed by atoms with E-state index >= 15 is 0 Å². The lowest BCUT2D eigenvalue weighted by molar-refractivity contribution is -0.150. The highest BCUT2D eigenvalue weighted by Crippen LogP contribution is 2.52. The zero-order valence-corrected chi connectivity index (χ0v) is 10.7. The number of thioether (sulfide) groups is 1. The Hall–Kier alpha value is -0.750. The van der Waals surface area contributed by atoms with E-state index in [2.05, 4.69) is 0 Å². The average Bonchev–Trinajstić information content (AvgIpc) is 2.64. The third-order valence-corrected chi connectivity index (χ3v) is 5.42. The fraction of sp³-hybridized carbons (Fsp3) is 0.818. The second kappa shape index (κ2) is 4.49. The molecule has 0 saturated carbocycles. The van der Waals surface area contributed by atoms with Gasteiger partial charge < -0.3 is 15.7 Å². The van der Waals surface area contributed by atoms with Crippen molar-refractivity contribution in [1.82, 2.24) is 4.90 Å². The van der Waals surface area contributed by atoms with Crippen LogP contribution in [-0.4, -0.2) is 45.1 Å². The highest BCUT2D eigenvalue weighted by atomic mass is 32.2. The van der Waals surface area contributed by atoms with E-state index in [1.807, 2.05) is 6.92 Å². The van der Waals surface area contributed by atoms with Crippen LogP contribution in [-0.2, 0) is 9.59 Å². The second-order valence-corrected chi connectivity index (χ2v) is 6.18. The summed E-state index contributed by atoms with van der Waals surface area (Å²) < 4.78 is -0.830. The lowest BCUT2D eigenvalue weighted by atomic mass is 9.93. The van der Waals surface area contributed by atoms with Crippen LogP contribution in [0.15, 0.2) is 0 Å². The molecule has 0 bridgehead atoms. The number of β-lactam (4-membered cyclic amide) rings is 1. The van der Waals surface area contributed by atoms with Gasteiger partial charge in [0, 0.05) is 6.54 Å². The lowest BCUT2D eigenvalue weighted by Crippen LogP contribution is -2.56. The fourth-order valence-electron chi connectivity index (χ4n) is 2.58. The van der Waals surface area contributed by atoms with Crippen LogP contribution in [0.4, 0.5) is 0 Å². The number of amides is 1. The van der Waals surface area contributed by atoms with Gasteiger partial charge in [-0.2, -0.15) is 0 Å². The van der Waals surface area contributed by atoms with Gasteiger partial charge in [0.2, 0.25) is 5.91 Å². The minimum Gasteiger partial charge on any atom is -0.480 e. The van der Waals surface area contributed by atoms with Crippen molar-refractivity contribution in [1.29, 1.82) is 0 Å². The van der Waals surface area contributed by atoms with Crippen molar-refractivity contribution < 1.29 is 14.7 Å². The molecule has 2 saturated heterocycles. The Balaban J connectivity index is 2.12. The van der Waals surface area contributed by atoms with Gasteiger partial charge in [-0.05, 0) is 25.8 Å². The van der Waals surface area contributed by atoms with Crippen LogP contribution in [0.25, 0.3) is 0 Å². The van der Waals surface area contributed by atoms with E-state index in [1.165, 1.54) is 11.8 Å². The second-order valence-electron chi connectivity index (χ2n) is 4.68. The molecular formula is C11H18N2O3S. The van der Waals surface area contributed by atoms with Crippen molar-refractivity contribution in [2.45, 2.75) is 36.3 Å². The molecule has 3 N–H and O–H groups in total. The van der Waals surface area contributed by atoms with Crippen molar-refractivity contribution in [3.63, 3.8) is 0 Å². The van der Waals surface area contributed by atoms with Gasteiger partial charge in [0.25, 0.3) is 0 Å². The summed E-state index contributed by atoms with van der Waals surface area (Å²) in [5.41, 5.74) is 5.45. The number of carbonyl (C=O) groups excluding carboxylic acids is 1. The van der Waals surface area contributed by atoms with E-state index in [-0.39, 0.29) is 17.2 Å². The molecule has 2 fully saturated rings. The van der Waals surface area contributed by atoms with Gasteiger partial charge >= 0.3 is 5.97 Å². The standard InChI is InChI=1S/C11H18N2O3S/c1-2-7-8(14)13-6-11(10(15)16,4-3-5-12)17-9(7)13/h7,9H,2-6,12H2,1H3,(H,15,16)/t7?,9-,11?/m1/s1. The monoisotopic (exact) mass is 258 g/mol. The molecule has 2 aliphatic heterocycles. The predicted octanol–water partition coefficient (Wildman–Crippen LogP) is 0.490. The smallest absolute Gasteiger partial charge is 0.321 e. The third kappa shape index (κ3) is 1.83. The van der Waals surface area contributed by atoms with Crippen LogP contribution in [0.5, 0.6) is 0 Å². The van der Waals surface area contributed by atoms with Crippen LogP contribution in [0.1, 0.15) is 26.2 Å². The van der Waals surface area contributed by atoms with E-state index in [0.29, 0.717) is 25.9 Å². The average molecular weight is 258 g/mol. The van der Waals surface area contributed by atoms with Gasteiger partial charge in [0.1, 0.15) is 4.75 Å². The van der Waals surface area contributed by atoms with E-state index in [0.717, 1.165) is 6.42 Å². The summed E-state index contributed by atoms with van der Waals surface area (Å²) in [7, 11) is 0. The maximum atomic E-state index is 11.8. The molecule has 17 heavy (non-hydrogen) atoms. The van der Waals surface area contributed by atoms with Gasteiger partial charge in [0.15, 0.2) is 0 Å². The normalized spacial score (nSPS) is 35.6. The zero-order valence-electron chi connectivity index (χ0n) is 9.89. The van der Waals surface area contributed by atoms with E-state index in [4.69, 9.17) is 5.73 Å². The lowest BCUT2D eigenvalue weighted by Gasteiger charge is -2.41. The van der Waals surface area contributed by atoms with Crippen LogP contribution in [0, 0.1) is 5.92 Å². The molecule has 2 aliphatic rings. The third-order valence-electron chi connectivity index (χ3n) is 3.64. The summed E-state index contributed by atoms with van der Waals surface area (Å²) in [4.78, 5) is 24.9. The molecule has 0 aromatic carbocycles. The molecule has 1 amide bonds. The molecule has 2 unspecified atom stereocenters. The molecule has 0 aliphatic carbocycles. The molecule has 5 nitrogen and oxygen atoms in total. The summed E-state index contributed by atoms with van der Waals surface area (Å²) in [5.74, 6) is -0.687. The summed E-state index contributed by atoms with van der Waals surface area (Å²) in [5, 5.41) is 9.47. The Morgan fingerprint density at radius 1 is 1.71 bits per heavy atom. The van der Waals surface area contributed by atoms with Crippen molar-refractivity contribution >= 4 is 23.6 Å². The van der Waals surface area contributed by atoms with Gasteiger partial charge in [-0.1, -0.05) is 6.92 Å². The number of nitrogens with two attached hydrogens (primary N) is 1. The number of hydrogen-bond donors (Lipinski definition) is 2. The summed E-state index contributed by atoms with van der Waals surface area (Å²) >= 11 is 1.44. The first-order chi connectivity index (χ1) is 8.05. The Kier molecular flexibility index (Phi) is 3.36. The molecule has 3 atom stereocenters.